The highest BCUT2D eigenvalue weighted by Gasteiger charge is 2.39. The van der Waals surface area contributed by atoms with Gasteiger partial charge in [-0.1, -0.05) is 13.8 Å². The fraction of sp³-hybridized carbons (Fsp3) is 0.538. The lowest BCUT2D eigenvalue weighted by Gasteiger charge is -2.47. The highest BCUT2D eigenvalue weighted by molar-refractivity contribution is 7.91. The molecule has 1 saturated heterocycles. The van der Waals surface area contributed by atoms with E-state index < -0.39 is 15.4 Å². The van der Waals surface area contributed by atoms with Gasteiger partial charge in [0.15, 0.2) is 9.84 Å². The van der Waals surface area contributed by atoms with Crippen molar-refractivity contribution in [3.05, 3.63) is 24.3 Å². The minimum atomic E-state index is -3.12. The Morgan fingerprint density at radius 3 is 2.22 bits per heavy atom. The van der Waals surface area contributed by atoms with Gasteiger partial charge in [-0.25, -0.2) is 8.42 Å². The van der Waals surface area contributed by atoms with Crippen LogP contribution < -0.4 is 4.90 Å². The minimum Gasteiger partial charge on any atom is -0.386 e. The molecule has 1 N–H and O–H groups in total. The highest BCUT2D eigenvalue weighted by atomic mass is 32.2. The lowest BCUT2D eigenvalue weighted by Crippen LogP contribution is -2.61. The van der Waals surface area contributed by atoms with E-state index in [-0.39, 0.29) is 5.75 Å². The Morgan fingerprint density at radius 1 is 1.22 bits per heavy atom. The molecule has 5 heteroatoms. The lowest BCUT2D eigenvalue weighted by atomic mass is 9.91. The van der Waals surface area contributed by atoms with Gasteiger partial charge in [-0.15, -0.1) is 0 Å². The molecule has 1 aliphatic rings. The number of benzene rings is 1. The number of β-amino-alcohol motifs (C(OH)–C–C–N with tert-alkyl or cyclic N) is 1. The van der Waals surface area contributed by atoms with E-state index >= 15 is 0 Å². The van der Waals surface area contributed by atoms with Crippen LogP contribution in [0.15, 0.2) is 29.2 Å². The second-order valence-corrected chi connectivity index (χ2v) is 7.11. The van der Waals surface area contributed by atoms with E-state index in [0.29, 0.717) is 18.0 Å². The summed E-state index contributed by atoms with van der Waals surface area (Å²) in [6, 6.07) is 6.88. The summed E-state index contributed by atoms with van der Waals surface area (Å²) in [6.07, 6.45) is 0.742. The number of hydrogen-bond acceptors (Lipinski definition) is 4. The van der Waals surface area contributed by atoms with E-state index in [9.17, 15) is 13.5 Å². The largest absolute Gasteiger partial charge is 0.386 e. The normalized spacial score (nSPS) is 18.5. The molecule has 1 fully saturated rings. The number of nitrogens with zero attached hydrogens (tertiary/aromatic N) is 1. The van der Waals surface area contributed by atoms with Gasteiger partial charge in [-0.05, 0) is 30.7 Å². The Morgan fingerprint density at radius 2 is 1.78 bits per heavy atom. The molecule has 0 atom stereocenters. The Kier molecular flexibility index (Phi) is 3.38. The molecule has 0 spiro atoms. The predicted octanol–water partition coefficient (Wildman–Crippen LogP) is 1.44. The molecule has 2 rings (SSSR count). The van der Waals surface area contributed by atoms with Crippen LogP contribution in [0.2, 0.25) is 0 Å². The number of sulfone groups is 1. The fourth-order valence-corrected chi connectivity index (χ4v) is 2.99. The number of anilines is 1. The van der Waals surface area contributed by atoms with Crippen molar-refractivity contribution >= 4 is 15.5 Å². The Labute approximate surface area is 108 Å². The van der Waals surface area contributed by atoms with Gasteiger partial charge in [0.2, 0.25) is 0 Å². The summed E-state index contributed by atoms with van der Waals surface area (Å²) >= 11 is 0. The Balaban J connectivity index is 2.11. The van der Waals surface area contributed by atoms with Gasteiger partial charge in [0.1, 0.15) is 0 Å². The van der Waals surface area contributed by atoms with Crippen LogP contribution in [0.1, 0.15) is 20.3 Å². The first-order chi connectivity index (χ1) is 8.40. The predicted molar refractivity (Wildman–Crippen MR) is 71.6 cm³/mol. The molecule has 0 bridgehead atoms. The maximum absolute atomic E-state index is 11.7. The van der Waals surface area contributed by atoms with E-state index in [4.69, 9.17) is 0 Å². The molecule has 0 unspecified atom stereocenters. The maximum Gasteiger partial charge on any atom is 0.178 e. The van der Waals surface area contributed by atoms with Crippen LogP contribution >= 0.6 is 0 Å². The van der Waals surface area contributed by atoms with E-state index in [1.807, 2.05) is 11.8 Å². The number of hydrogen-bond donors (Lipinski definition) is 1. The summed E-state index contributed by atoms with van der Waals surface area (Å²) < 4.78 is 23.3. The zero-order valence-corrected chi connectivity index (χ0v) is 11.6. The number of rotatable bonds is 4. The van der Waals surface area contributed by atoms with Gasteiger partial charge in [0.05, 0.1) is 16.2 Å². The average Bonchev–Trinajstić information content (AvgIpc) is 2.35. The van der Waals surface area contributed by atoms with Gasteiger partial charge >= 0.3 is 0 Å². The van der Waals surface area contributed by atoms with Crippen molar-refractivity contribution in [1.29, 1.82) is 0 Å². The van der Waals surface area contributed by atoms with Crippen LogP contribution in [-0.2, 0) is 9.84 Å². The summed E-state index contributed by atoms with van der Waals surface area (Å²) in [7, 11) is -3.12. The van der Waals surface area contributed by atoms with Crippen molar-refractivity contribution in [2.75, 3.05) is 23.7 Å². The molecule has 0 amide bonds. The molecule has 1 aromatic carbocycles. The first-order valence-corrected chi connectivity index (χ1v) is 7.85. The molecule has 100 valence electrons. The third kappa shape index (κ3) is 2.37. The van der Waals surface area contributed by atoms with Gasteiger partial charge in [-0.2, -0.15) is 0 Å². The van der Waals surface area contributed by atoms with E-state index in [0.717, 1.165) is 12.1 Å². The molecule has 4 nitrogen and oxygen atoms in total. The van der Waals surface area contributed by atoms with Gasteiger partial charge in [0.25, 0.3) is 0 Å². The van der Waals surface area contributed by atoms with E-state index in [1.165, 1.54) is 0 Å². The van der Waals surface area contributed by atoms with Crippen molar-refractivity contribution in [3.8, 4) is 0 Å². The third-order valence-electron chi connectivity index (χ3n) is 3.57. The Hall–Kier alpha value is -1.07. The van der Waals surface area contributed by atoms with Crippen LogP contribution in [0.5, 0.6) is 0 Å². The molecule has 1 aliphatic heterocycles. The summed E-state index contributed by atoms with van der Waals surface area (Å²) in [5.74, 6) is 0.117. The topological polar surface area (TPSA) is 57.6 Å². The molecule has 1 aromatic rings. The van der Waals surface area contributed by atoms with Crippen LogP contribution in [-0.4, -0.2) is 38.0 Å². The van der Waals surface area contributed by atoms with Crippen molar-refractivity contribution in [2.24, 2.45) is 0 Å². The molecule has 1 heterocycles. The average molecular weight is 269 g/mol. The van der Waals surface area contributed by atoms with Crippen LogP contribution in [0.25, 0.3) is 0 Å². The molecule has 0 aliphatic carbocycles. The van der Waals surface area contributed by atoms with Crippen LogP contribution in [0.3, 0.4) is 0 Å². The maximum atomic E-state index is 11.7. The number of aliphatic hydroxyl groups is 1. The third-order valence-corrected chi connectivity index (χ3v) is 5.32. The SMILES string of the molecule is CCC1(O)CN(c2ccc(S(=O)(=O)CC)cc2)C1. The van der Waals surface area contributed by atoms with Crippen LogP contribution in [0, 0.1) is 0 Å². The zero-order chi connectivity index (χ0) is 13.4. The highest BCUT2D eigenvalue weighted by Crippen LogP contribution is 2.30. The van der Waals surface area contributed by atoms with Gasteiger partial charge in [0, 0.05) is 18.8 Å². The summed E-state index contributed by atoms with van der Waals surface area (Å²) in [5, 5.41) is 9.93. The smallest absolute Gasteiger partial charge is 0.178 e. The summed E-state index contributed by atoms with van der Waals surface area (Å²) in [4.78, 5) is 2.41. The second kappa shape index (κ2) is 4.55. The van der Waals surface area contributed by atoms with Crippen molar-refractivity contribution in [3.63, 3.8) is 0 Å². The summed E-state index contributed by atoms with van der Waals surface area (Å²) in [5.41, 5.74) is 0.386. The van der Waals surface area contributed by atoms with Crippen molar-refractivity contribution < 1.29 is 13.5 Å². The zero-order valence-electron chi connectivity index (χ0n) is 10.8. The monoisotopic (exact) mass is 269 g/mol. The minimum absolute atomic E-state index is 0.117. The van der Waals surface area contributed by atoms with Gasteiger partial charge in [-0.3, -0.25) is 0 Å². The second-order valence-electron chi connectivity index (χ2n) is 4.83. The first-order valence-electron chi connectivity index (χ1n) is 6.20. The van der Waals surface area contributed by atoms with Crippen LogP contribution in [0.4, 0.5) is 5.69 Å². The molecular weight excluding hydrogens is 250 g/mol. The van der Waals surface area contributed by atoms with Crippen molar-refractivity contribution in [1.82, 2.24) is 0 Å². The quantitative estimate of drug-likeness (QED) is 0.898. The molecule has 0 radical (unpaired) electrons. The van der Waals surface area contributed by atoms with E-state index in [1.54, 1.807) is 31.2 Å². The fourth-order valence-electron chi connectivity index (χ4n) is 2.10. The van der Waals surface area contributed by atoms with E-state index in [2.05, 4.69) is 0 Å². The molecule has 0 aromatic heterocycles. The summed E-state index contributed by atoms with van der Waals surface area (Å²) in [6.45, 7) is 4.83. The van der Waals surface area contributed by atoms with Crippen molar-refractivity contribution in [2.45, 2.75) is 30.8 Å². The molecule has 0 saturated carbocycles. The molecule has 18 heavy (non-hydrogen) atoms. The Bertz CT molecular complexity index is 516. The van der Waals surface area contributed by atoms with Gasteiger partial charge < -0.3 is 10.0 Å². The standard InChI is InChI=1S/C13H19NO3S/c1-3-13(15)9-14(10-13)11-5-7-12(8-6-11)18(16,17)4-2/h5-8,15H,3-4,9-10H2,1-2H3. The first kappa shape index (κ1) is 13.4. The molecular formula is C13H19NO3S. The lowest BCUT2D eigenvalue weighted by molar-refractivity contribution is 0.00852.